The molecular formula is C18H30N2. The van der Waals surface area contributed by atoms with Gasteiger partial charge >= 0.3 is 0 Å². The Morgan fingerprint density at radius 2 is 0.850 bits per heavy atom. The topological polar surface area (TPSA) is 47.6 Å². The summed E-state index contributed by atoms with van der Waals surface area (Å²) in [4.78, 5) is 0. The Hall–Kier alpha value is -1.28. The molecule has 0 heterocycles. The van der Waals surface area contributed by atoms with Gasteiger partial charge in [-0.05, 0) is 38.5 Å². The van der Waals surface area contributed by atoms with Crippen LogP contribution in [0.5, 0.6) is 0 Å². The summed E-state index contributed by atoms with van der Waals surface area (Å²) in [6.45, 7) is 0. The Bertz CT molecular complexity index is 264. The van der Waals surface area contributed by atoms with Gasteiger partial charge < -0.3 is 0 Å². The highest BCUT2D eigenvalue weighted by Gasteiger charge is 1.90. The molecule has 0 bridgehead atoms. The molecular weight excluding hydrogens is 244 g/mol. The number of rotatable bonds is 14. The van der Waals surface area contributed by atoms with Crippen LogP contribution in [0.25, 0.3) is 0 Å². The molecule has 0 unspecified atom stereocenters. The van der Waals surface area contributed by atoms with E-state index < -0.39 is 0 Å². The molecule has 0 atom stereocenters. The molecule has 20 heavy (non-hydrogen) atoms. The molecule has 0 aliphatic rings. The van der Waals surface area contributed by atoms with E-state index in [1.54, 1.807) is 0 Å². The molecule has 0 saturated heterocycles. The van der Waals surface area contributed by atoms with E-state index in [-0.39, 0.29) is 0 Å². The van der Waals surface area contributed by atoms with Crippen LogP contribution in [0.2, 0.25) is 0 Å². The molecule has 0 radical (unpaired) electrons. The number of hydrogen-bond donors (Lipinski definition) is 0. The van der Waals surface area contributed by atoms with Gasteiger partial charge in [0, 0.05) is 12.8 Å². The van der Waals surface area contributed by atoms with Gasteiger partial charge in [-0.25, -0.2) is 0 Å². The first-order valence-corrected chi connectivity index (χ1v) is 8.30. The minimum Gasteiger partial charge on any atom is -0.198 e. The average molecular weight is 274 g/mol. The van der Waals surface area contributed by atoms with Gasteiger partial charge in [0.1, 0.15) is 0 Å². The first-order valence-electron chi connectivity index (χ1n) is 8.30. The monoisotopic (exact) mass is 274 g/mol. The predicted molar refractivity (Wildman–Crippen MR) is 85.0 cm³/mol. The van der Waals surface area contributed by atoms with Crippen LogP contribution in [0.3, 0.4) is 0 Å². The zero-order chi connectivity index (χ0) is 14.7. The van der Waals surface area contributed by atoms with Crippen LogP contribution in [0.15, 0.2) is 12.2 Å². The van der Waals surface area contributed by atoms with Gasteiger partial charge in [-0.2, -0.15) is 10.5 Å². The zero-order valence-electron chi connectivity index (χ0n) is 12.9. The van der Waals surface area contributed by atoms with Crippen molar-refractivity contribution in [3.63, 3.8) is 0 Å². The van der Waals surface area contributed by atoms with E-state index in [9.17, 15) is 0 Å². The molecule has 0 rings (SSSR count). The summed E-state index contributed by atoms with van der Waals surface area (Å²) in [5.41, 5.74) is 0. The Balaban J connectivity index is 3.06. The van der Waals surface area contributed by atoms with Crippen molar-refractivity contribution in [3.8, 4) is 12.1 Å². The van der Waals surface area contributed by atoms with Gasteiger partial charge in [-0.1, -0.05) is 50.7 Å². The quantitative estimate of drug-likeness (QED) is 0.286. The maximum absolute atomic E-state index is 8.41. The summed E-state index contributed by atoms with van der Waals surface area (Å²) in [5.74, 6) is 0. The van der Waals surface area contributed by atoms with Gasteiger partial charge in [0.25, 0.3) is 0 Å². The average Bonchev–Trinajstić information content (AvgIpc) is 2.47. The number of nitrogens with zero attached hydrogens (tertiary/aromatic N) is 2. The van der Waals surface area contributed by atoms with Crippen molar-refractivity contribution in [1.82, 2.24) is 0 Å². The van der Waals surface area contributed by atoms with Crippen molar-refractivity contribution in [2.75, 3.05) is 0 Å². The third-order valence-electron chi connectivity index (χ3n) is 3.49. The molecule has 0 aliphatic carbocycles. The fourth-order valence-electron chi connectivity index (χ4n) is 2.23. The second kappa shape index (κ2) is 17.7. The highest BCUT2D eigenvalue weighted by atomic mass is 14.2. The van der Waals surface area contributed by atoms with Crippen molar-refractivity contribution in [3.05, 3.63) is 12.2 Å². The van der Waals surface area contributed by atoms with Crippen molar-refractivity contribution in [2.24, 2.45) is 0 Å². The summed E-state index contributed by atoms with van der Waals surface area (Å²) in [7, 11) is 0. The second-order valence-electron chi connectivity index (χ2n) is 5.40. The first-order chi connectivity index (χ1) is 9.91. The molecule has 2 nitrogen and oxygen atoms in total. The van der Waals surface area contributed by atoms with E-state index in [1.807, 2.05) is 0 Å². The van der Waals surface area contributed by atoms with Crippen molar-refractivity contribution in [1.29, 1.82) is 10.5 Å². The molecule has 0 aromatic rings. The molecule has 2 heteroatoms. The smallest absolute Gasteiger partial charge is 0.0621 e. The van der Waals surface area contributed by atoms with Gasteiger partial charge in [0.15, 0.2) is 0 Å². The van der Waals surface area contributed by atoms with Crippen LogP contribution in [0.1, 0.15) is 89.9 Å². The Kier molecular flexibility index (Phi) is 16.6. The van der Waals surface area contributed by atoms with Crippen LogP contribution < -0.4 is 0 Å². The van der Waals surface area contributed by atoms with Crippen LogP contribution in [0, 0.1) is 22.7 Å². The predicted octanol–water partition coefficient (Wildman–Crippen LogP) is 6.05. The van der Waals surface area contributed by atoms with Crippen LogP contribution in [-0.4, -0.2) is 0 Å². The Morgan fingerprint density at radius 3 is 1.25 bits per heavy atom. The van der Waals surface area contributed by atoms with E-state index in [4.69, 9.17) is 10.5 Å². The molecule has 0 aromatic carbocycles. The molecule has 0 fully saturated rings. The normalized spacial score (nSPS) is 10.5. The lowest BCUT2D eigenvalue weighted by molar-refractivity contribution is 0.618. The maximum atomic E-state index is 8.41. The highest BCUT2D eigenvalue weighted by molar-refractivity contribution is 4.81. The van der Waals surface area contributed by atoms with E-state index >= 15 is 0 Å². The molecule has 0 amide bonds. The summed E-state index contributed by atoms with van der Waals surface area (Å²) < 4.78 is 0. The molecule has 0 spiro atoms. The second-order valence-corrected chi connectivity index (χ2v) is 5.40. The van der Waals surface area contributed by atoms with Crippen molar-refractivity contribution >= 4 is 0 Å². The van der Waals surface area contributed by atoms with Crippen LogP contribution >= 0.6 is 0 Å². The van der Waals surface area contributed by atoms with Gasteiger partial charge in [0.2, 0.25) is 0 Å². The van der Waals surface area contributed by atoms with Crippen LogP contribution in [-0.2, 0) is 0 Å². The van der Waals surface area contributed by atoms with Gasteiger partial charge in [-0.3, -0.25) is 0 Å². The minimum atomic E-state index is 0.719. The zero-order valence-corrected chi connectivity index (χ0v) is 12.9. The number of allylic oxidation sites excluding steroid dienone is 2. The fourth-order valence-corrected chi connectivity index (χ4v) is 2.23. The lowest BCUT2D eigenvalue weighted by atomic mass is 10.1. The number of unbranched alkanes of at least 4 members (excludes halogenated alkanes) is 12. The minimum absolute atomic E-state index is 0.719. The molecule has 0 aromatic heterocycles. The summed E-state index contributed by atoms with van der Waals surface area (Å²) in [6, 6.07) is 4.38. The Labute approximate surface area is 125 Å². The third-order valence-corrected chi connectivity index (χ3v) is 3.49. The van der Waals surface area contributed by atoms with Crippen molar-refractivity contribution < 1.29 is 0 Å². The SMILES string of the molecule is N#CCCCCCCC/C=C\CCCCCCCC#N. The lowest BCUT2D eigenvalue weighted by Crippen LogP contribution is -1.79. The van der Waals surface area contributed by atoms with Gasteiger partial charge in [-0.15, -0.1) is 0 Å². The summed E-state index contributed by atoms with van der Waals surface area (Å²) in [6.07, 6.45) is 20.8. The largest absolute Gasteiger partial charge is 0.198 e. The lowest BCUT2D eigenvalue weighted by Gasteiger charge is -1.98. The first kappa shape index (κ1) is 18.7. The van der Waals surface area contributed by atoms with Gasteiger partial charge in [0.05, 0.1) is 12.1 Å². The molecule has 0 saturated carbocycles. The summed E-state index contributed by atoms with van der Waals surface area (Å²) in [5, 5.41) is 16.8. The summed E-state index contributed by atoms with van der Waals surface area (Å²) >= 11 is 0. The van der Waals surface area contributed by atoms with E-state index in [1.165, 1.54) is 64.2 Å². The molecule has 112 valence electrons. The molecule has 0 aliphatic heterocycles. The Morgan fingerprint density at radius 1 is 0.500 bits per heavy atom. The van der Waals surface area contributed by atoms with E-state index in [2.05, 4.69) is 24.3 Å². The number of hydrogen-bond acceptors (Lipinski definition) is 2. The fraction of sp³-hybridized carbons (Fsp3) is 0.778. The standard InChI is InChI=1S/C18H30N2/c19-17-15-13-11-9-7-5-3-1-2-4-6-8-10-12-14-16-18-20/h1-2H,3-16H2/b2-1-. The number of nitriles is 2. The molecule has 0 N–H and O–H groups in total. The maximum Gasteiger partial charge on any atom is 0.0621 e. The third kappa shape index (κ3) is 16.7. The van der Waals surface area contributed by atoms with E-state index in [0.717, 1.165) is 25.7 Å². The van der Waals surface area contributed by atoms with Crippen molar-refractivity contribution in [2.45, 2.75) is 89.9 Å². The van der Waals surface area contributed by atoms with E-state index in [0.29, 0.717) is 0 Å². The van der Waals surface area contributed by atoms with Crippen LogP contribution in [0.4, 0.5) is 0 Å². The highest BCUT2D eigenvalue weighted by Crippen LogP contribution is 2.09.